The third-order valence-electron chi connectivity index (χ3n) is 4.65. The Morgan fingerprint density at radius 2 is 1.88 bits per heavy atom. The van der Waals surface area contributed by atoms with Gasteiger partial charge in [-0.2, -0.15) is 11.1 Å². The molecule has 0 aromatic carbocycles. The average molecular weight is 423 g/mol. The average Bonchev–Trinajstić information content (AvgIpc) is 3.15. The monoisotopic (exact) mass is 422 g/mol. The Morgan fingerprint density at radius 3 is 2.08 bits per heavy atom. The molecule has 0 saturated heterocycles. The summed E-state index contributed by atoms with van der Waals surface area (Å²) >= 11 is 0. The zero-order valence-electron chi connectivity index (χ0n) is 15.3. The van der Waals surface area contributed by atoms with E-state index < -0.39 is 0 Å². The Balaban J connectivity index is -0.000000290. The largest absolute Gasteiger partial charge is 4.00 e. The quantitative estimate of drug-likeness (QED) is 0.415. The van der Waals surface area contributed by atoms with Gasteiger partial charge in [-0.15, -0.1) is 6.42 Å². The predicted molar refractivity (Wildman–Crippen MR) is 92.6 cm³/mol. The minimum atomic E-state index is -0.313. The molecule has 2 nitrogen and oxygen atoms in total. The van der Waals surface area contributed by atoms with E-state index >= 15 is 0 Å². The van der Waals surface area contributed by atoms with Crippen molar-refractivity contribution in [2.45, 2.75) is 65.5 Å². The van der Waals surface area contributed by atoms with Crippen LogP contribution in [0.25, 0.3) is 5.73 Å². The predicted octanol–water partition coefficient (Wildman–Crippen LogP) is -0.998. The Kier molecular flexibility index (Phi) is 19.1. The van der Waals surface area contributed by atoms with Crippen molar-refractivity contribution in [2.24, 2.45) is 17.8 Å². The number of fused-ring (bicyclic) bond motifs is 2. The molecule has 3 aliphatic rings. The molecule has 24 heavy (non-hydrogen) atoms. The number of nitrogens with one attached hydrogen (secondary N) is 1. The second kappa shape index (κ2) is 15.7. The fourth-order valence-corrected chi connectivity index (χ4v) is 3.53. The maximum Gasteiger partial charge on any atom is 4.00 e. The molecule has 0 aliphatic heterocycles. The van der Waals surface area contributed by atoms with Gasteiger partial charge in [0.2, 0.25) is 0 Å². The number of hydrogen-bond donors (Lipinski definition) is 0. The second-order valence-corrected chi connectivity index (χ2v) is 7.56. The number of rotatable bonds is 2. The van der Waals surface area contributed by atoms with Gasteiger partial charge in [0.1, 0.15) is 0 Å². The molecule has 135 valence electrons. The maximum atomic E-state index is 10.7. The summed E-state index contributed by atoms with van der Waals surface area (Å²) < 4.78 is 0. The fourth-order valence-electron chi connectivity index (χ4n) is 3.53. The van der Waals surface area contributed by atoms with Gasteiger partial charge in [0.05, 0.1) is 5.91 Å². The molecule has 3 aliphatic carbocycles. The molecular formula is C18H30Cl2NOSiTi. The van der Waals surface area contributed by atoms with Crippen molar-refractivity contribution >= 4 is 15.4 Å². The third kappa shape index (κ3) is 9.24. The molecule has 3 unspecified atom stereocenters. The van der Waals surface area contributed by atoms with Crippen LogP contribution in [0.3, 0.4) is 0 Å². The molecule has 3 rings (SSSR count). The first kappa shape index (κ1) is 29.2. The first-order valence-electron chi connectivity index (χ1n) is 8.28. The van der Waals surface area contributed by atoms with Crippen molar-refractivity contribution in [1.29, 1.82) is 0 Å². The van der Waals surface area contributed by atoms with Gasteiger partial charge >= 0.3 is 21.7 Å². The summed E-state index contributed by atoms with van der Waals surface area (Å²) in [5.41, 5.74) is 9.96. The molecule has 6 heteroatoms. The summed E-state index contributed by atoms with van der Waals surface area (Å²) in [6.45, 7) is 8.78. The van der Waals surface area contributed by atoms with Gasteiger partial charge in [-0.05, 0) is 31.1 Å². The number of hydrogen-bond acceptors (Lipinski definition) is 1. The Morgan fingerprint density at radius 1 is 1.29 bits per heavy atom. The molecule has 0 aromatic rings. The van der Waals surface area contributed by atoms with Gasteiger partial charge in [0.25, 0.3) is 0 Å². The van der Waals surface area contributed by atoms with E-state index in [1.165, 1.54) is 36.8 Å². The molecule has 1 amide bonds. The Labute approximate surface area is 178 Å². The smallest absolute Gasteiger partial charge is 1.00 e. The number of carbonyl (C=O) groups excluding carboxylic acids is 1. The first-order valence-corrected chi connectivity index (χ1v) is 10.6. The zero-order chi connectivity index (χ0) is 15.8. The van der Waals surface area contributed by atoms with Gasteiger partial charge in [0.15, 0.2) is 0 Å². The number of halogens is 2. The third-order valence-corrected chi connectivity index (χ3v) is 4.65. The van der Waals surface area contributed by atoms with E-state index in [1.54, 1.807) is 0 Å². The van der Waals surface area contributed by atoms with Gasteiger partial charge in [-0.3, -0.25) is 6.08 Å². The van der Waals surface area contributed by atoms with Gasteiger partial charge in [-0.25, -0.2) is 6.08 Å². The first-order chi connectivity index (χ1) is 10.0. The fraction of sp³-hybridized carbons (Fsp3) is 0.722. The molecule has 0 heterocycles. The molecule has 2 bridgehead atoms. The number of amides is 1. The summed E-state index contributed by atoms with van der Waals surface area (Å²) in [5.74, 6) is 1.20. The van der Waals surface area contributed by atoms with E-state index in [4.69, 9.17) is 5.73 Å². The molecule has 3 atom stereocenters. The molecule has 0 aromatic heterocycles. The zero-order valence-corrected chi connectivity index (χ0v) is 19.5. The van der Waals surface area contributed by atoms with Crippen LogP contribution in [0.1, 0.15) is 52.4 Å². The topological polar surface area (TPSA) is 40.9 Å². The summed E-state index contributed by atoms with van der Waals surface area (Å²) in [4.78, 5) is 10.7. The van der Waals surface area contributed by atoms with Crippen molar-refractivity contribution in [2.75, 3.05) is 0 Å². The number of allylic oxidation sites excluding steroid dienone is 4. The normalized spacial score (nSPS) is 25.2. The van der Waals surface area contributed by atoms with E-state index in [-0.39, 0.29) is 58.4 Å². The molecule has 1 N–H and O–H groups in total. The van der Waals surface area contributed by atoms with Crippen molar-refractivity contribution in [3.8, 4) is 0 Å². The Bertz CT molecular complexity index is 416. The van der Waals surface area contributed by atoms with Crippen LogP contribution in [0, 0.1) is 23.8 Å². The Hall–Kier alpha value is 0.461. The van der Waals surface area contributed by atoms with E-state index in [2.05, 4.69) is 39.1 Å². The SMILES string of the molecule is CCC1=C(C)C[C-]=C1.C[SiH]C.[Cl-].[Cl-].[NH-]C(=O)C1CC2CCC1C2.[Ti+4]. The van der Waals surface area contributed by atoms with E-state index in [0.717, 1.165) is 28.3 Å². The minimum Gasteiger partial charge on any atom is -1.00 e. The van der Waals surface area contributed by atoms with Crippen LogP contribution in [0.15, 0.2) is 17.2 Å². The second-order valence-electron chi connectivity index (χ2n) is 6.41. The van der Waals surface area contributed by atoms with Crippen LogP contribution in [-0.4, -0.2) is 15.4 Å². The van der Waals surface area contributed by atoms with Gasteiger partial charge in [-0.1, -0.05) is 39.8 Å². The molecule has 1 radical (unpaired) electrons. The number of carbonyl (C=O) groups is 1. The standard InChI is InChI=1S/C8H13NO.C8H11.C2H7Si.2ClH.Ti/c9-8(10)7-4-5-1-2-6(7)3-5;1-3-8-6-4-5-7(8)2;1-3-2;;;/h5-7H,1-4H2,(H2,9,10);6H,3,5H2,1-2H3;3H,1-2H3;2*1H;/q;-1;;;;+4/p-3. The molecule has 2 saturated carbocycles. The summed E-state index contributed by atoms with van der Waals surface area (Å²) in [5, 5.41) is 0. The van der Waals surface area contributed by atoms with Crippen LogP contribution >= 0.6 is 0 Å². The van der Waals surface area contributed by atoms with Crippen molar-refractivity contribution in [1.82, 2.24) is 0 Å². The summed E-state index contributed by atoms with van der Waals surface area (Å²) in [7, 11) is 0.750. The van der Waals surface area contributed by atoms with Crippen LogP contribution in [0.4, 0.5) is 0 Å². The van der Waals surface area contributed by atoms with Crippen molar-refractivity contribution in [3.05, 3.63) is 29.0 Å². The molecule has 2 fully saturated rings. The van der Waals surface area contributed by atoms with Crippen LogP contribution in [0.5, 0.6) is 0 Å². The van der Waals surface area contributed by atoms with Gasteiger partial charge < -0.3 is 35.3 Å². The molecular weight excluding hydrogens is 393 g/mol. The van der Waals surface area contributed by atoms with Crippen molar-refractivity contribution in [3.63, 3.8) is 0 Å². The molecule has 0 spiro atoms. The van der Waals surface area contributed by atoms with Crippen molar-refractivity contribution < 1.29 is 51.3 Å². The van der Waals surface area contributed by atoms with E-state index in [9.17, 15) is 4.79 Å². The van der Waals surface area contributed by atoms with Crippen LogP contribution in [-0.2, 0) is 26.5 Å². The van der Waals surface area contributed by atoms with Crippen LogP contribution in [0.2, 0.25) is 13.1 Å². The van der Waals surface area contributed by atoms with Gasteiger partial charge in [0, 0.05) is 15.4 Å². The van der Waals surface area contributed by atoms with Crippen LogP contribution < -0.4 is 24.8 Å². The van der Waals surface area contributed by atoms with E-state index in [1.807, 2.05) is 0 Å². The summed E-state index contributed by atoms with van der Waals surface area (Å²) in [6, 6.07) is 0. The maximum absolute atomic E-state index is 10.7. The van der Waals surface area contributed by atoms with E-state index in [0.29, 0.717) is 5.92 Å². The minimum absolute atomic E-state index is 0. The summed E-state index contributed by atoms with van der Waals surface area (Å²) in [6.07, 6.45) is 12.3.